The molecule has 0 spiro atoms. The Hall–Kier alpha value is 1.26. The zero-order chi connectivity index (χ0) is 14.6. The average molecular weight is 420 g/mol. The Labute approximate surface area is 141 Å². The van der Waals surface area contributed by atoms with Crippen molar-refractivity contribution in [3.8, 4) is 0 Å². The molecule has 0 bridgehead atoms. The smallest absolute Gasteiger partial charge is 0.373 e. The summed E-state index contributed by atoms with van der Waals surface area (Å²) in [4.78, 5) is 23.3. The van der Waals surface area contributed by atoms with Gasteiger partial charge in [0.05, 0.1) is 0 Å². The summed E-state index contributed by atoms with van der Waals surface area (Å²) in [6.45, 7) is 0. The molecule has 0 N–H and O–H groups in total. The van der Waals surface area contributed by atoms with Crippen LogP contribution in [0.5, 0.6) is 0 Å². The van der Waals surface area contributed by atoms with Gasteiger partial charge in [-0.2, -0.15) is 0 Å². The van der Waals surface area contributed by atoms with Gasteiger partial charge in [0, 0.05) is 0 Å². The van der Waals surface area contributed by atoms with Gasteiger partial charge in [0.2, 0.25) is 0 Å². The predicted octanol–water partition coefficient (Wildman–Crippen LogP) is 3.70. The van der Waals surface area contributed by atoms with Crippen molar-refractivity contribution in [3.63, 3.8) is 0 Å². The van der Waals surface area contributed by atoms with Gasteiger partial charge in [-0.1, -0.05) is 92.8 Å². The molecule has 1 fully saturated rings. The fourth-order valence-corrected chi connectivity index (χ4v) is 1.73. The SMILES string of the molecule is O=C1O[C@@](Cl)(C(Cl)(Cl)Cl)C(=O)O[C@]1(Cl)C(Cl)(Cl)Cl. The second-order valence-corrected chi connectivity index (χ2v) is 8.59. The maximum atomic E-state index is 11.6. The topological polar surface area (TPSA) is 52.6 Å². The molecule has 1 saturated heterocycles. The molecular formula is C6Cl8O4. The summed E-state index contributed by atoms with van der Waals surface area (Å²) in [5.74, 6) is -2.99. The molecule has 1 aliphatic rings. The molecule has 12 heteroatoms. The van der Waals surface area contributed by atoms with Crippen LogP contribution in [0.3, 0.4) is 0 Å². The zero-order valence-electron chi connectivity index (χ0n) is 7.66. The van der Waals surface area contributed by atoms with Crippen molar-refractivity contribution in [2.24, 2.45) is 0 Å². The summed E-state index contributed by atoms with van der Waals surface area (Å²) in [7, 11) is 0. The summed E-state index contributed by atoms with van der Waals surface area (Å²) in [5.41, 5.74) is 0. The minimum absolute atomic E-state index is 1.50. The summed E-state index contributed by atoms with van der Waals surface area (Å²) in [5, 5.41) is -5.47. The molecule has 2 atom stereocenters. The van der Waals surface area contributed by atoms with Gasteiger partial charge in [-0.05, 0) is 0 Å². The number of alkyl halides is 8. The molecule has 0 saturated carbocycles. The molecule has 0 radical (unpaired) electrons. The van der Waals surface area contributed by atoms with Gasteiger partial charge in [-0.25, -0.2) is 9.59 Å². The second-order valence-electron chi connectivity index (χ2n) is 2.97. The number of cyclic esters (lactones) is 2. The molecule has 4 nitrogen and oxygen atoms in total. The van der Waals surface area contributed by atoms with E-state index in [4.69, 9.17) is 92.8 Å². The summed E-state index contributed by atoms with van der Waals surface area (Å²) < 4.78 is 3.89. The highest BCUT2D eigenvalue weighted by molar-refractivity contribution is 6.74. The Bertz CT molecular complexity index is 361. The first-order chi connectivity index (χ1) is 7.76. The molecule has 104 valence electrons. The van der Waals surface area contributed by atoms with Crippen LogP contribution in [0.1, 0.15) is 0 Å². The number of carbonyl (C=O) groups excluding carboxylic acids is 2. The van der Waals surface area contributed by atoms with Crippen LogP contribution in [-0.2, 0) is 19.1 Å². The van der Waals surface area contributed by atoms with E-state index in [-0.39, 0.29) is 0 Å². The van der Waals surface area contributed by atoms with Crippen molar-refractivity contribution in [1.29, 1.82) is 0 Å². The van der Waals surface area contributed by atoms with Gasteiger partial charge in [-0.3, -0.25) is 0 Å². The molecule has 1 aliphatic heterocycles. The quantitative estimate of drug-likeness (QED) is 0.444. The number of esters is 2. The summed E-state index contributed by atoms with van der Waals surface area (Å²) in [6, 6.07) is 0. The van der Waals surface area contributed by atoms with Crippen molar-refractivity contribution < 1.29 is 19.1 Å². The molecule has 1 heterocycles. The van der Waals surface area contributed by atoms with Crippen LogP contribution in [0.4, 0.5) is 0 Å². The first-order valence-corrected chi connectivity index (χ1v) is 6.76. The van der Waals surface area contributed by atoms with Crippen LogP contribution < -0.4 is 0 Å². The molecule has 1 rings (SSSR count). The maximum Gasteiger partial charge on any atom is 0.373 e. The van der Waals surface area contributed by atoms with Crippen LogP contribution >= 0.6 is 92.8 Å². The first kappa shape index (κ1) is 17.3. The highest BCUT2D eigenvalue weighted by Gasteiger charge is 2.71. The lowest BCUT2D eigenvalue weighted by Crippen LogP contribution is -2.64. The van der Waals surface area contributed by atoms with E-state index in [0.29, 0.717) is 0 Å². The Balaban J connectivity index is 3.20. The zero-order valence-corrected chi connectivity index (χ0v) is 13.7. The number of ether oxygens (including phenoxy) is 2. The average Bonchev–Trinajstić information content (AvgIpc) is 2.11. The van der Waals surface area contributed by atoms with Crippen molar-refractivity contribution in [2.45, 2.75) is 17.7 Å². The third kappa shape index (κ3) is 2.68. The Kier molecular flexibility index (Phi) is 4.73. The van der Waals surface area contributed by atoms with E-state index in [2.05, 4.69) is 9.47 Å². The minimum Gasteiger partial charge on any atom is -0.423 e. The number of halogens is 8. The normalized spacial score (nSPS) is 34.0. The third-order valence-electron chi connectivity index (χ3n) is 1.72. The van der Waals surface area contributed by atoms with Crippen molar-refractivity contribution in [3.05, 3.63) is 0 Å². The highest BCUT2D eigenvalue weighted by atomic mass is 35.6. The van der Waals surface area contributed by atoms with E-state index in [1.165, 1.54) is 0 Å². The first-order valence-electron chi connectivity index (χ1n) is 3.74. The lowest BCUT2D eigenvalue weighted by molar-refractivity contribution is -0.204. The van der Waals surface area contributed by atoms with Crippen LogP contribution in [-0.4, -0.2) is 29.6 Å². The number of carbonyl (C=O) groups is 2. The molecule has 0 aromatic heterocycles. The molecule has 0 aliphatic carbocycles. The number of hydrogen-bond donors (Lipinski definition) is 0. The summed E-state index contributed by atoms with van der Waals surface area (Å²) in [6.07, 6.45) is 0. The Morgan fingerprint density at radius 1 is 0.722 bits per heavy atom. The van der Waals surface area contributed by atoms with Crippen molar-refractivity contribution in [2.75, 3.05) is 0 Å². The largest absolute Gasteiger partial charge is 0.423 e. The lowest BCUT2D eigenvalue weighted by Gasteiger charge is -2.41. The molecule has 0 aromatic rings. The van der Waals surface area contributed by atoms with E-state index in [1.807, 2.05) is 0 Å². The molecule has 18 heavy (non-hydrogen) atoms. The van der Waals surface area contributed by atoms with Gasteiger partial charge in [0.25, 0.3) is 7.59 Å². The lowest BCUT2D eigenvalue weighted by atomic mass is 10.3. The fraction of sp³-hybridized carbons (Fsp3) is 0.667. The number of rotatable bonds is 0. The van der Waals surface area contributed by atoms with E-state index in [0.717, 1.165) is 0 Å². The molecular weight excluding hydrogens is 420 g/mol. The third-order valence-corrected chi connectivity index (χ3v) is 4.93. The Morgan fingerprint density at radius 2 is 0.944 bits per heavy atom. The van der Waals surface area contributed by atoms with E-state index < -0.39 is 29.6 Å². The van der Waals surface area contributed by atoms with Gasteiger partial charge in [0.1, 0.15) is 0 Å². The van der Waals surface area contributed by atoms with Gasteiger partial charge >= 0.3 is 22.1 Å². The van der Waals surface area contributed by atoms with Crippen molar-refractivity contribution >= 4 is 105 Å². The van der Waals surface area contributed by atoms with E-state index in [9.17, 15) is 9.59 Å². The summed E-state index contributed by atoms with van der Waals surface area (Å²) >= 11 is 43.5. The molecule has 0 unspecified atom stereocenters. The van der Waals surface area contributed by atoms with E-state index >= 15 is 0 Å². The second kappa shape index (κ2) is 4.92. The predicted molar refractivity (Wildman–Crippen MR) is 69.9 cm³/mol. The van der Waals surface area contributed by atoms with Gasteiger partial charge < -0.3 is 9.47 Å². The van der Waals surface area contributed by atoms with Crippen LogP contribution in [0.15, 0.2) is 0 Å². The minimum atomic E-state index is -2.73. The molecule has 0 aromatic carbocycles. The van der Waals surface area contributed by atoms with Crippen LogP contribution in [0.25, 0.3) is 0 Å². The Morgan fingerprint density at radius 3 is 1.11 bits per heavy atom. The fourth-order valence-electron chi connectivity index (χ4n) is 0.817. The number of hydrogen-bond acceptors (Lipinski definition) is 4. The van der Waals surface area contributed by atoms with Gasteiger partial charge in [-0.15, -0.1) is 0 Å². The molecule has 0 amide bonds. The highest BCUT2D eigenvalue weighted by Crippen LogP contribution is 2.53. The van der Waals surface area contributed by atoms with Crippen LogP contribution in [0.2, 0.25) is 0 Å². The van der Waals surface area contributed by atoms with Crippen molar-refractivity contribution in [1.82, 2.24) is 0 Å². The monoisotopic (exact) mass is 416 g/mol. The van der Waals surface area contributed by atoms with Crippen LogP contribution in [0, 0.1) is 0 Å². The van der Waals surface area contributed by atoms with Gasteiger partial charge in [0.15, 0.2) is 0 Å². The standard InChI is InChI=1S/C6Cl8O4/c7-3(5(9,10)11)1(15)17-4(8,2(16)18-3)6(12,13)14/t3-,4+. The maximum absolute atomic E-state index is 11.6. The van der Waals surface area contributed by atoms with E-state index in [1.54, 1.807) is 0 Å².